The van der Waals surface area contributed by atoms with E-state index in [2.05, 4.69) is 18.7 Å². The third-order valence-electron chi connectivity index (χ3n) is 7.98. The molecule has 1 aromatic carbocycles. The maximum absolute atomic E-state index is 13.3. The molecule has 0 saturated carbocycles. The normalized spacial score (nSPS) is 25.5. The van der Waals surface area contributed by atoms with Gasteiger partial charge in [0, 0.05) is 50.7 Å². The van der Waals surface area contributed by atoms with Gasteiger partial charge in [-0.2, -0.15) is 0 Å². The molecule has 0 bridgehead atoms. The molecule has 1 aromatic heterocycles. The predicted molar refractivity (Wildman–Crippen MR) is 132 cm³/mol. The van der Waals surface area contributed by atoms with Crippen molar-refractivity contribution >= 4 is 16.8 Å². The Balaban J connectivity index is 1.31. The zero-order valence-electron chi connectivity index (χ0n) is 20.3. The van der Waals surface area contributed by atoms with Crippen molar-refractivity contribution in [2.24, 2.45) is 11.8 Å². The highest BCUT2D eigenvalue weighted by atomic mass is 16.2. The van der Waals surface area contributed by atoms with Crippen LogP contribution in [0.5, 0.6) is 0 Å². The van der Waals surface area contributed by atoms with E-state index in [0.717, 1.165) is 69.4 Å². The van der Waals surface area contributed by atoms with Gasteiger partial charge in [-0.05, 0) is 62.1 Å². The Labute approximate surface area is 197 Å². The van der Waals surface area contributed by atoms with E-state index in [-0.39, 0.29) is 11.5 Å². The van der Waals surface area contributed by atoms with Gasteiger partial charge in [0.2, 0.25) is 0 Å². The number of likely N-dealkylation sites (tertiary alicyclic amines) is 2. The summed E-state index contributed by atoms with van der Waals surface area (Å²) in [5, 5.41) is 0.628. The summed E-state index contributed by atoms with van der Waals surface area (Å²) in [6, 6.07) is 6.08. The Bertz CT molecular complexity index is 1060. The summed E-state index contributed by atoms with van der Waals surface area (Å²) >= 11 is 0. The third kappa shape index (κ3) is 4.72. The summed E-state index contributed by atoms with van der Waals surface area (Å²) in [7, 11) is 0. The predicted octanol–water partition coefficient (Wildman–Crippen LogP) is 4.10. The number of nitrogens with zero attached hydrogens (tertiary/aromatic N) is 4. The van der Waals surface area contributed by atoms with Crippen molar-refractivity contribution < 1.29 is 4.79 Å². The molecule has 0 spiro atoms. The zero-order valence-corrected chi connectivity index (χ0v) is 20.3. The van der Waals surface area contributed by atoms with Crippen LogP contribution in [-0.2, 0) is 13.0 Å². The molecule has 1 amide bonds. The summed E-state index contributed by atoms with van der Waals surface area (Å²) < 4.78 is 1.86. The third-order valence-corrected chi connectivity index (χ3v) is 7.98. The highest BCUT2D eigenvalue weighted by molar-refractivity contribution is 5.97. The van der Waals surface area contributed by atoms with E-state index < -0.39 is 0 Å². The highest BCUT2D eigenvalue weighted by Gasteiger charge is 2.31. The van der Waals surface area contributed by atoms with Crippen molar-refractivity contribution in [1.82, 2.24) is 19.4 Å². The van der Waals surface area contributed by atoms with Crippen LogP contribution in [0.25, 0.3) is 10.9 Å². The first-order chi connectivity index (χ1) is 16.0. The van der Waals surface area contributed by atoms with Crippen molar-refractivity contribution in [2.45, 2.75) is 77.8 Å². The summed E-state index contributed by atoms with van der Waals surface area (Å²) in [6.07, 6.45) is 8.72. The highest BCUT2D eigenvalue weighted by Crippen LogP contribution is 2.27. The van der Waals surface area contributed by atoms with Crippen LogP contribution < -0.4 is 5.56 Å². The second kappa shape index (κ2) is 9.57. The fourth-order valence-corrected chi connectivity index (χ4v) is 6.35. The van der Waals surface area contributed by atoms with Gasteiger partial charge in [0.1, 0.15) is 5.82 Å². The first kappa shape index (κ1) is 22.6. The molecule has 6 heteroatoms. The van der Waals surface area contributed by atoms with E-state index in [4.69, 9.17) is 4.98 Å². The molecule has 5 rings (SSSR count). The molecule has 0 radical (unpaired) electrons. The van der Waals surface area contributed by atoms with Crippen molar-refractivity contribution in [2.75, 3.05) is 26.2 Å². The molecule has 0 N–H and O–H groups in total. The van der Waals surface area contributed by atoms with Crippen LogP contribution in [0.3, 0.4) is 0 Å². The maximum Gasteiger partial charge on any atom is 0.261 e. The van der Waals surface area contributed by atoms with Crippen LogP contribution in [-0.4, -0.2) is 57.5 Å². The molecule has 3 aliphatic rings. The number of amides is 1. The summed E-state index contributed by atoms with van der Waals surface area (Å²) in [4.78, 5) is 35.9. The molecular formula is C27H38N4O2. The molecule has 2 aromatic rings. The van der Waals surface area contributed by atoms with Crippen LogP contribution in [0.15, 0.2) is 23.0 Å². The van der Waals surface area contributed by atoms with Gasteiger partial charge in [0.05, 0.1) is 10.9 Å². The Morgan fingerprint density at radius 1 is 0.970 bits per heavy atom. The number of aryl methyl sites for hydroxylation is 1. The van der Waals surface area contributed by atoms with E-state index in [1.54, 1.807) is 0 Å². The number of carbonyl (C=O) groups is 1. The molecule has 2 unspecified atom stereocenters. The van der Waals surface area contributed by atoms with E-state index in [1.165, 1.54) is 32.4 Å². The first-order valence-electron chi connectivity index (χ1n) is 13.1. The van der Waals surface area contributed by atoms with Gasteiger partial charge in [-0.25, -0.2) is 4.98 Å². The molecule has 0 aliphatic carbocycles. The van der Waals surface area contributed by atoms with Crippen molar-refractivity contribution in [3.8, 4) is 0 Å². The lowest BCUT2D eigenvalue weighted by atomic mass is 9.89. The van der Waals surface area contributed by atoms with Gasteiger partial charge in [-0.3, -0.25) is 19.1 Å². The number of fused-ring (bicyclic) bond motifs is 2. The number of benzene rings is 1. The average Bonchev–Trinajstić information content (AvgIpc) is 2.79. The lowest BCUT2D eigenvalue weighted by Gasteiger charge is -2.43. The van der Waals surface area contributed by atoms with E-state index >= 15 is 0 Å². The molecule has 3 aliphatic heterocycles. The average molecular weight is 451 g/mol. The van der Waals surface area contributed by atoms with Crippen molar-refractivity contribution in [3.63, 3.8) is 0 Å². The van der Waals surface area contributed by atoms with Gasteiger partial charge < -0.3 is 4.90 Å². The van der Waals surface area contributed by atoms with Crippen molar-refractivity contribution in [3.05, 3.63) is 39.9 Å². The molecule has 4 heterocycles. The quantitative estimate of drug-likeness (QED) is 0.691. The molecular weight excluding hydrogens is 412 g/mol. The standard InChI is InChI=1S/C27H38N4O2/c1-19-15-20(2)18-30(17-19)22-10-13-29(14-11-22)26(32)21-8-9-23-24(16-21)28-25-7-5-3-4-6-12-31(25)27(23)33/h8-9,16,19-20,22H,3-7,10-15,17-18H2,1-2H3. The van der Waals surface area contributed by atoms with Crippen LogP contribution in [0, 0.1) is 11.8 Å². The summed E-state index contributed by atoms with van der Waals surface area (Å²) in [5.74, 6) is 2.48. The SMILES string of the molecule is CC1CC(C)CN(C2CCN(C(=O)c3ccc4c(=O)n5c(nc4c3)CCCCCC5)CC2)C1. The fourth-order valence-electron chi connectivity index (χ4n) is 6.35. The molecule has 178 valence electrons. The van der Waals surface area contributed by atoms with Gasteiger partial charge in [-0.1, -0.05) is 26.7 Å². The van der Waals surface area contributed by atoms with Gasteiger partial charge in [0.15, 0.2) is 0 Å². The smallest absolute Gasteiger partial charge is 0.261 e. The Morgan fingerprint density at radius 2 is 1.70 bits per heavy atom. The second-order valence-corrected chi connectivity index (χ2v) is 10.8. The van der Waals surface area contributed by atoms with Crippen LogP contribution in [0.4, 0.5) is 0 Å². The number of aromatic nitrogens is 2. The number of carbonyl (C=O) groups excluding carboxylic acids is 1. The molecule has 2 fully saturated rings. The monoisotopic (exact) mass is 450 g/mol. The Hall–Kier alpha value is -2.21. The topological polar surface area (TPSA) is 58.4 Å². The maximum atomic E-state index is 13.3. The number of rotatable bonds is 2. The van der Waals surface area contributed by atoms with Gasteiger partial charge in [-0.15, -0.1) is 0 Å². The number of hydrogen-bond donors (Lipinski definition) is 0. The number of hydrogen-bond acceptors (Lipinski definition) is 4. The van der Waals surface area contributed by atoms with Gasteiger partial charge >= 0.3 is 0 Å². The molecule has 2 saturated heterocycles. The summed E-state index contributed by atoms with van der Waals surface area (Å²) in [5.41, 5.74) is 1.37. The van der Waals surface area contributed by atoms with Crippen LogP contribution in [0.1, 0.15) is 75.0 Å². The molecule has 6 nitrogen and oxygen atoms in total. The minimum absolute atomic E-state index is 0.0432. The van der Waals surface area contributed by atoms with E-state index in [1.807, 2.05) is 27.7 Å². The molecule has 2 atom stereocenters. The first-order valence-corrected chi connectivity index (χ1v) is 13.1. The lowest BCUT2D eigenvalue weighted by molar-refractivity contribution is 0.0450. The van der Waals surface area contributed by atoms with E-state index in [9.17, 15) is 9.59 Å². The van der Waals surface area contributed by atoms with E-state index in [0.29, 0.717) is 22.5 Å². The second-order valence-electron chi connectivity index (χ2n) is 10.8. The van der Waals surface area contributed by atoms with Crippen molar-refractivity contribution in [1.29, 1.82) is 0 Å². The Morgan fingerprint density at radius 3 is 2.45 bits per heavy atom. The largest absolute Gasteiger partial charge is 0.339 e. The molecule has 33 heavy (non-hydrogen) atoms. The Kier molecular flexibility index (Phi) is 6.55. The minimum Gasteiger partial charge on any atom is -0.339 e. The van der Waals surface area contributed by atoms with Crippen LogP contribution >= 0.6 is 0 Å². The number of piperidine rings is 2. The summed E-state index contributed by atoms with van der Waals surface area (Å²) in [6.45, 7) is 9.48. The minimum atomic E-state index is 0.0432. The lowest BCUT2D eigenvalue weighted by Crippen LogP contribution is -2.50. The fraction of sp³-hybridized carbons (Fsp3) is 0.667. The zero-order chi connectivity index (χ0) is 22.9. The van der Waals surface area contributed by atoms with Gasteiger partial charge in [0.25, 0.3) is 11.5 Å². The van der Waals surface area contributed by atoms with Crippen LogP contribution in [0.2, 0.25) is 0 Å².